The van der Waals surface area contributed by atoms with Crippen LogP contribution in [-0.2, 0) is 13.3 Å². The fraction of sp³-hybridized carbons (Fsp3) is 0.818. The molecule has 1 fully saturated rings. The number of hydrogen-bond donors (Lipinski definition) is 0. The maximum absolute atomic E-state index is 5.99. The highest BCUT2D eigenvalue weighted by atomic mass is 28.4. The molecule has 1 heterocycles. The lowest BCUT2D eigenvalue weighted by atomic mass is 9.90. The molecule has 0 aromatic heterocycles. The van der Waals surface area contributed by atoms with Crippen molar-refractivity contribution in [3.8, 4) is 0 Å². The van der Waals surface area contributed by atoms with Crippen LogP contribution in [0.2, 0.25) is 0 Å². The lowest BCUT2D eigenvalue weighted by Crippen LogP contribution is -2.42. The van der Waals surface area contributed by atoms with E-state index in [0.29, 0.717) is 0 Å². The van der Waals surface area contributed by atoms with Gasteiger partial charge in [0.05, 0.1) is 11.2 Å². The summed E-state index contributed by atoms with van der Waals surface area (Å²) in [6.45, 7) is 15.8. The van der Waals surface area contributed by atoms with Crippen LogP contribution in [0.3, 0.4) is 0 Å². The monoisotopic (exact) mass is 230 g/mol. The van der Waals surface area contributed by atoms with Crippen LogP contribution in [0.5, 0.6) is 0 Å². The summed E-state index contributed by atoms with van der Waals surface area (Å²) in [7, 11) is -2.68. The Morgan fingerprint density at radius 1 is 1.13 bits per heavy atom. The standard InChI is InChI=1S/C11H22O3Si/c1-8-15(12-9(2)3)13-10(4,5)11(6,7)14-15/h8-9H,1H2,2-7H3. The average Bonchev–Trinajstić information content (AvgIpc) is 2.16. The van der Waals surface area contributed by atoms with Crippen molar-refractivity contribution in [1.82, 2.24) is 0 Å². The second-order valence-electron chi connectivity index (χ2n) is 5.20. The van der Waals surface area contributed by atoms with Crippen molar-refractivity contribution < 1.29 is 13.3 Å². The molecule has 0 atom stereocenters. The minimum atomic E-state index is -2.68. The van der Waals surface area contributed by atoms with Gasteiger partial charge >= 0.3 is 8.80 Å². The van der Waals surface area contributed by atoms with Crippen LogP contribution in [0.4, 0.5) is 0 Å². The topological polar surface area (TPSA) is 27.7 Å². The highest BCUT2D eigenvalue weighted by Gasteiger charge is 2.60. The summed E-state index contributed by atoms with van der Waals surface area (Å²) < 4.78 is 17.8. The van der Waals surface area contributed by atoms with Gasteiger partial charge in [-0.1, -0.05) is 6.58 Å². The zero-order valence-corrected chi connectivity index (χ0v) is 11.6. The second kappa shape index (κ2) is 3.70. The Bertz CT molecular complexity index is 243. The Balaban J connectivity index is 2.94. The Labute approximate surface area is 93.8 Å². The fourth-order valence-corrected chi connectivity index (χ4v) is 4.46. The fourth-order valence-electron chi connectivity index (χ4n) is 1.49. The van der Waals surface area contributed by atoms with Gasteiger partial charge in [-0.05, 0) is 47.2 Å². The van der Waals surface area contributed by atoms with Crippen molar-refractivity contribution in [2.45, 2.75) is 58.8 Å². The van der Waals surface area contributed by atoms with Gasteiger partial charge in [-0.2, -0.15) is 0 Å². The van der Waals surface area contributed by atoms with E-state index in [1.165, 1.54) is 0 Å². The summed E-state index contributed by atoms with van der Waals surface area (Å²) in [5, 5.41) is 0. The maximum Gasteiger partial charge on any atom is 0.530 e. The molecule has 3 nitrogen and oxygen atoms in total. The Morgan fingerprint density at radius 2 is 1.53 bits per heavy atom. The van der Waals surface area contributed by atoms with Crippen molar-refractivity contribution in [2.24, 2.45) is 0 Å². The molecule has 0 aromatic rings. The molecule has 88 valence electrons. The van der Waals surface area contributed by atoms with Crippen LogP contribution >= 0.6 is 0 Å². The van der Waals surface area contributed by atoms with E-state index in [1.807, 2.05) is 41.5 Å². The highest BCUT2D eigenvalue weighted by Crippen LogP contribution is 2.42. The summed E-state index contributed by atoms with van der Waals surface area (Å²) in [6.07, 6.45) is 0.0827. The average molecular weight is 230 g/mol. The Kier molecular flexibility index (Phi) is 3.18. The SMILES string of the molecule is C=C[Si]1(OC(C)C)OC(C)(C)C(C)(C)O1. The first kappa shape index (κ1) is 12.9. The molecular formula is C11H22O3Si. The van der Waals surface area contributed by atoms with Gasteiger partial charge in [0.15, 0.2) is 0 Å². The van der Waals surface area contributed by atoms with Gasteiger partial charge < -0.3 is 13.3 Å². The molecule has 0 amide bonds. The van der Waals surface area contributed by atoms with E-state index in [-0.39, 0.29) is 17.3 Å². The minimum absolute atomic E-state index is 0.0827. The molecule has 0 radical (unpaired) electrons. The van der Waals surface area contributed by atoms with Gasteiger partial charge in [0.1, 0.15) is 0 Å². The van der Waals surface area contributed by atoms with Gasteiger partial charge in [-0.15, -0.1) is 0 Å². The molecular weight excluding hydrogens is 208 g/mol. The van der Waals surface area contributed by atoms with Gasteiger partial charge in [-0.25, -0.2) is 0 Å². The summed E-state index contributed by atoms with van der Waals surface area (Å²) >= 11 is 0. The summed E-state index contributed by atoms with van der Waals surface area (Å²) in [6, 6.07) is 0. The molecule has 1 rings (SSSR count). The molecule has 0 bridgehead atoms. The third-order valence-electron chi connectivity index (χ3n) is 2.89. The quantitative estimate of drug-likeness (QED) is 0.698. The van der Waals surface area contributed by atoms with E-state index in [9.17, 15) is 0 Å². The summed E-state index contributed by atoms with van der Waals surface area (Å²) in [4.78, 5) is 0. The third-order valence-corrected chi connectivity index (χ3v) is 5.78. The van der Waals surface area contributed by atoms with Crippen LogP contribution in [0.25, 0.3) is 0 Å². The predicted molar refractivity (Wildman–Crippen MR) is 62.5 cm³/mol. The highest BCUT2D eigenvalue weighted by molar-refractivity contribution is 6.67. The smallest absolute Gasteiger partial charge is 0.368 e. The lowest BCUT2D eigenvalue weighted by Gasteiger charge is -2.31. The van der Waals surface area contributed by atoms with E-state index < -0.39 is 8.80 Å². The zero-order chi connectivity index (χ0) is 11.9. The number of rotatable bonds is 3. The van der Waals surface area contributed by atoms with E-state index in [2.05, 4.69) is 6.58 Å². The van der Waals surface area contributed by atoms with Crippen molar-refractivity contribution in [3.05, 3.63) is 12.3 Å². The van der Waals surface area contributed by atoms with Gasteiger partial charge in [0.2, 0.25) is 0 Å². The first-order valence-corrected chi connectivity index (χ1v) is 7.16. The van der Waals surface area contributed by atoms with Crippen molar-refractivity contribution in [3.63, 3.8) is 0 Å². The molecule has 0 unspecified atom stereocenters. The maximum atomic E-state index is 5.99. The van der Waals surface area contributed by atoms with Crippen LogP contribution in [0.15, 0.2) is 12.3 Å². The minimum Gasteiger partial charge on any atom is -0.368 e. The van der Waals surface area contributed by atoms with E-state index in [1.54, 1.807) is 5.70 Å². The molecule has 0 N–H and O–H groups in total. The lowest BCUT2D eigenvalue weighted by molar-refractivity contribution is 0.00578. The number of hydrogen-bond acceptors (Lipinski definition) is 3. The Morgan fingerprint density at radius 3 is 1.80 bits per heavy atom. The van der Waals surface area contributed by atoms with E-state index in [4.69, 9.17) is 13.3 Å². The van der Waals surface area contributed by atoms with E-state index >= 15 is 0 Å². The van der Waals surface area contributed by atoms with Crippen LogP contribution in [0.1, 0.15) is 41.5 Å². The molecule has 1 saturated heterocycles. The predicted octanol–water partition coefficient (Wildman–Crippen LogP) is 2.68. The summed E-state index contributed by atoms with van der Waals surface area (Å²) in [5.74, 6) is 0. The van der Waals surface area contributed by atoms with Gasteiger partial charge in [-0.3, -0.25) is 0 Å². The largest absolute Gasteiger partial charge is 0.530 e. The first-order chi connectivity index (χ1) is 6.64. The van der Waals surface area contributed by atoms with Crippen LogP contribution in [-0.4, -0.2) is 26.1 Å². The molecule has 1 aliphatic heterocycles. The van der Waals surface area contributed by atoms with Crippen LogP contribution < -0.4 is 0 Å². The van der Waals surface area contributed by atoms with Crippen molar-refractivity contribution >= 4 is 8.80 Å². The molecule has 1 aliphatic rings. The normalized spacial score (nSPS) is 26.9. The van der Waals surface area contributed by atoms with Gasteiger partial charge in [0.25, 0.3) is 0 Å². The molecule has 0 saturated carbocycles. The first-order valence-electron chi connectivity index (χ1n) is 5.36. The van der Waals surface area contributed by atoms with Gasteiger partial charge in [0, 0.05) is 6.10 Å². The zero-order valence-electron chi connectivity index (χ0n) is 10.6. The second-order valence-corrected chi connectivity index (χ2v) is 7.46. The summed E-state index contributed by atoms with van der Waals surface area (Å²) in [5.41, 5.74) is 1.02. The van der Waals surface area contributed by atoms with Crippen LogP contribution in [0, 0.1) is 0 Å². The Hall–Kier alpha value is -0.163. The molecule has 15 heavy (non-hydrogen) atoms. The van der Waals surface area contributed by atoms with Crippen molar-refractivity contribution in [2.75, 3.05) is 0 Å². The van der Waals surface area contributed by atoms with E-state index in [0.717, 1.165) is 0 Å². The molecule has 0 spiro atoms. The molecule has 0 aromatic carbocycles. The van der Waals surface area contributed by atoms with Crippen molar-refractivity contribution in [1.29, 1.82) is 0 Å². The molecule has 0 aliphatic carbocycles. The third kappa shape index (κ3) is 2.33. The molecule has 4 heteroatoms.